The lowest BCUT2D eigenvalue weighted by atomic mass is 9.97. The second-order valence-corrected chi connectivity index (χ2v) is 5.58. The lowest BCUT2D eigenvalue weighted by Gasteiger charge is -2.12. The molecule has 0 unspecified atom stereocenters. The fourth-order valence-electron chi connectivity index (χ4n) is 3.23. The fraction of sp³-hybridized carbons (Fsp3) is 0.222. The van der Waals surface area contributed by atoms with E-state index in [1.807, 2.05) is 0 Å². The number of aryl methyl sites for hydroxylation is 1. The van der Waals surface area contributed by atoms with Crippen LogP contribution in [0.25, 0.3) is 22.0 Å². The van der Waals surface area contributed by atoms with E-state index < -0.39 is 0 Å². The van der Waals surface area contributed by atoms with Gasteiger partial charge < -0.3 is 10.3 Å². The van der Waals surface area contributed by atoms with Gasteiger partial charge in [0.05, 0.1) is 0 Å². The van der Waals surface area contributed by atoms with Crippen LogP contribution >= 0.6 is 0 Å². The molecule has 100 valence electrons. The molecule has 20 heavy (non-hydrogen) atoms. The van der Waals surface area contributed by atoms with E-state index in [0.29, 0.717) is 0 Å². The zero-order valence-corrected chi connectivity index (χ0v) is 11.7. The third-order valence-corrected chi connectivity index (χ3v) is 4.30. The molecule has 2 nitrogen and oxygen atoms in total. The monoisotopic (exact) mass is 262 g/mol. The van der Waals surface area contributed by atoms with Gasteiger partial charge in [-0.2, -0.15) is 0 Å². The quantitative estimate of drug-likeness (QED) is 0.686. The Balaban J connectivity index is 1.92. The molecule has 3 aromatic rings. The van der Waals surface area contributed by atoms with Crippen molar-refractivity contribution < 1.29 is 0 Å². The Bertz CT molecular complexity index is 783. The van der Waals surface area contributed by atoms with Gasteiger partial charge in [-0.15, -0.1) is 0 Å². The van der Waals surface area contributed by atoms with Crippen LogP contribution in [0.5, 0.6) is 0 Å². The molecule has 1 aliphatic rings. The summed E-state index contributed by atoms with van der Waals surface area (Å²) in [6, 6.07) is 15.4. The highest BCUT2D eigenvalue weighted by atomic mass is 14.9. The molecule has 0 aliphatic carbocycles. The lowest BCUT2D eigenvalue weighted by Crippen LogP contribution is -2.22. The second-order valence-electron chi connectivity index (χ2n) is 5.58. The van der Waals surface area contributed by atoms with E-state index in [4.69, 9.17) is 0 Å². The number of fused-ring (bicyclic) bond motifs is 3. The molecule has 4 rings (SSSR count). The molecular formula is C18H18N2. The molecule has 0 radical (unpaired) electrons. The minimum atomic E-state index is 0.962. The van der Waals surface area contributed by atoms with Gasteiger partial charge in [0.1, 0.15) is 0 Å². The van der Waals surface area contributed by atoms with Crippen LogP contribution in [0, 0.1) is 6.92 Å². The first-order valence-corrected chi connectivity index (χ1v) is 7.23. The summed E-state index contributed by atoms with van der Waals surface area (Å²) in [5.74, 6) is 0. The van der Waals surface area contributed by atoms with Crippen molar-refractivity contribution in [3.05, 3.63) is 59.3 Å². The predicted molar refractivity (Wildman–Crippen MR) is 83.9 cm³/mol. The maximum atomic E-state index is 3.55. The van der Waals surface area contributed by atoms with E-state index in [1.54, 1.807) is 0 Å². The lowest BCUT2D eigenvalue weighted by molar-refractivity contribution is 0.637. The highest BCUT2D eigenvalue weighted by molar-refractivity contribution is 5.89. The first kappa shape index (κ1) is 11.7. The summed E-state index contributed by atoms with van der Waals surface area (Å²) in [5.41, 5.74) is 8.09. The number of rotatable bonds is 1. The van der Waals surface area contributed by atoms with Gasteiger partial charge in [-0.05, 0) is 54.3 Å². The molecular weight excluding hydrogens is 244 g/mol. The third-order valence-electron chi connectivity index (χ3n) is 4.30. The Hall–Kier alpha value is -2.06. The van der Waals surface area contributed by atoms with E-state index in [-0.39, 0.29) is 0 Å². The summed E-state index contributed by atoms with van der Waals surface area (Å²) in [5, 5.41) is 4.82. The smallest absolute Gasteiger partial charge is 0.0459 e. The number of aromatic nitrogens is 1. The summed E-state index contributed by atoms with van der Waals surface area (Å²) in [6.07, 6.45) is 1.12. The predicted octanol–water partition coefficient (Wildman–Crippen LogP) is 3.79. The fourth-order valence-corrected chi connectivity index (χ4v) is 3.23. The van der Waals surface area contributed by atoms with Gasteiger partial charge in [0, 0.05) is 23.1 Å². The summed E-state index contributed by atoms with van der Waals surface area (Å²) >= 11 is 0. The van der Waals surface area contributed by atoms with E-state index in [2.05, 4.69) is 59.7 Å². The zero-order valence-electron chi connectivity index (χ0n) is 11.7. The Labute approximate surface area is 118 Å². The first-order chi connectivity index (χ1) is 9.83. The van der Waals surface area contributed by atoms with Crippen LogP contribution in [0.3, 0.4) is 0 Å². The van der Waals surface area contributed by atoms with Crippen LogP contribution in [0.4, 0.5) is 0 Å². The van der Waals surface area contributed by atoms with Crippen molar-refractivity contribution in [2.24, 2.45) is 0 Å². The number of nitrogens with one attached hydrogen (secondary N) is 2. The average Bonchev–Trinajstić information content (AvgIpc) is 2.85. The van der Waals surface area contributed by atoms with Crippen molar-refractivity contribution in [1.29, 1.82) is 0 Å². The van der Waals surface area contributed by atoms with Gasteiger partial charge in [-0.3, -0.25) is 0 Å². The first-order valence-electron chi connectivity index (χ1n) is 7.23. The standard InChI is InChI=1S/C18H18N2/c1-12-4-2-3-5-14(12)13-6-7-17-16(10-13)15-8-9-19-11-18(15)20-17/h2-7,10,19-20H,8-9,11H2,1H3. The Morgan fingerprint density at radius 2 is 1.95 bits per heavy atom. The van der Waals surface area contributed by atoms with Gasteiger partial charge in [0.25, 0.3) is 0 Å². The van der Waals surface area contributed by atoms with Crippen LogP contribution < -0.4 is 5.32 Å². The maximum absolute atomic E-state index is 3.55. The summed E-state index contributed by atoms with van der Waals surface area (Å²) in [4.78, 5) is 3.55. The number of benzene rings is 2. The molecule has 0 amide bonds. The molecule has 0 bridgehead atoms. The molecule has 2 heteroatoms. The van der Waals surface area contributed by atoms with E-state index in [9.17, 15) is 0 Å². The van der Waals surface area contributed by atoms with Crippen LogP contribution in [0.1, 0.15) is 16.8 Å². The number of H-pyrrole nitrogens is 1. The van der Waals surface area contributed by atoms with E-state index in [1.165, 1.54) is 38.9 Å². The van der Waals surface area contributed by atoms with Gasteiger partial charge >= 0.3 is 0 Å². The molecule has 2 aromatic carbocycles. The summed E-state index contributed by atoms with van der Waals surface area (Å²) in [7, 11) is 0. The van der Waals surface area contributed by atoms with Crippen molar-refractivity contribution in [2.75, 3.05) is 6.54 Å². The number of hydrogen-bond acceptors (Lipinski definition) is 1. The van der Waals surface area contributed by atoms with Crippen molar-refractivity contribution in [3.63, 3.8) is 0 Å². The van der Waals surface area contributed by atoms with Crippen LogP contribution in [0.15, 0.2) is 42.5 Å². The SMILES string of the molecule is Cc1ccccc1-c1ccc2[nH]c3c(c2c1)CCNC3. The van der Waals surface area contributed by atoms with Crippen molar-refractivity contribution in [1.82, 2.24) is 10.3 Å². The van der Waals surface area contributed by atoms with Gasteiger partial charge in [-0.1, -0.05) is 30.3 Å². The topological polar surface area (TPSA) is 27.8 Å². The Kier molecular flexibility index (Phi) is 2.64. The van der Waals surface area contributed by atoms with Crippen molar-refractivity contribution in [3.8, 4) is 11.1 Å². The Morgan fingerprint density at radius 3 is 2.85 bits per heavy atom. The largest absolute Gasteiger partial charge is 0.357 e. The van der Waals surface area contributed by atoms with Crippen LogP contribution in [-0.4, -0.2) is 11.5 Å². The molecule has 1 aromatic heterocycles. The molecule has 0 saturated carbocycles. The Morgan fingerprint density at radius 1 is 1.05 bits per heavy atom. The van der Waals surface area contributed by atoms with Gasteiger partial charge in [-0.25, -0.2) is 0 Å². The minimum absolute atomic E-state index is 0.962. The van der Waals surface area contributed by atoms with Crippen LogP contribution in [-0.2, 0) is 13.0 Å². The average molecular weight is 262 g/mol. The van der Waals surface area contributed by atoms with Crippen LogP contribution in [0.2, 0.25) is 0 Å². The highest BCUT2D eigenvalue weighted by Gasteiger charge is 2.15. The second kappa shape index (κ2) is 4.50. The van der Waals surface area contributed by atoms with Gasteiger partial charge in [0.2, 0.25) is 0 Å². The molecule has 0 spiro atoms. The van der Waals surface area contributed by atoms with Gasteiger partial charge in [0.15, 0.2) is 0 Å². The maximum Gasteiger partial charge on any atom is 0.0459 e. The number of hydrogen-bond donors (Lipinski definition) is 2. The molecule has 1 aliphatic heterocycles. The summed E-state index contributed by atoms with van der Waals surface area (Å²) in [6.45, 7) is 4.22. The zero-order chi connectivity index (χ0) is 13.5. The summed E-state index contributed by atoms with van der Waals surface area (Å²) < 4.78 is 0. The molecule has 0 atom stereocenters. The highest BCUT2D eigenvalue weighted by Crippen LogP contribution is 2.31. The van der Waals surface area contributed by atoms with E-state index in [0.717, 1.165) is 19.5 Å². The molecule has 0 saturated heterocycles. The van der Waals surface area contributed by atoms with Crippen molar-refractivity contribution in [2.45, 2.75) is 19.9 Å². The molecule has 0 fully saturated rings. The minimum Gasteiger partial charge on any atom is -0.357 e. The normalized spacial score (nSPS) is 14.4. The third kappa shape index (κ3) is 1.76. The molecule has 2 N–H and O–H groups in total. The van der Waals surface area contributed by atoms with Crippen molar-refractivity contribution >= 4 is 10.9 Å². The number of aromatic amines is 1. The molecule has 2 heterocycles. The van der Waals surface area contributed by atoms with E-state index >= 15 is 0 Å².